The number of rotatable bonds is 7. The lowest BCUT2D eigenvalue weighted by Gasteiger charge is -2.37. The van der Waals surface area contributed by atoms with Crippen molar-refractivity contribution in [3.63, 3.8) is 0 Å². The second kappa shape index (κ2) is 8.89. The van der Waals surface area contributed by atoms with Gasteiger partial charge in [-0.1, -0.05) is 13.0 Å². The summed E-state index contributed by atoms with van der Waals surface area (Å²) in [5, 5.41) is 21.8. The standard InChI is InChI=1S/C20H24N4O5/c1-2-23-7-9-24(10-8-23)19(20(28)29)15-12-21-16-11-13(3-4-14(15)16)22-17(25)5-6-18(26)27/h3-6,11-12,19,21H,2,7-10H2,1H3,(H,22,25)(H,26,27)(H,28,29). The number of carbonyl (C=O) groups excluding carboxylic acids is 1. The Morgan fingerprint density at radius 3 is 2.52 bits per heavy atom. The number of aromatic amines is 1. The first-order chi connectivity index (χ1) is 13.9. The molecule has 3 rings (SSSR count). The molecule has 1 aromatic heterocycles. The van der Waals surface area contributed by atoms with Crippen molar-refractivity contribution in [3.8, 4) is 0 Å². The van der Waals surface area contributed by atoms with Crippen LogP contribution in [0.4, 0.5) is 5.69 Å². The number of carboxylic acids is 2. The van der Waals surface area contributed by atoms with Gasteiger partial charge in [0.2, 0.25) is 5.91 Å². The highest BCUT2D eigenvalue weighted by Crippen LogP contribution is 2.31. The van der Waals surface area contributed by atoms with Crippen LogP contribution < -0.4 is 5.32 Å². The molecule has 1 aliphatic heterocycles. The van der Waals surface area contributed by atoms with Gasteiger partial charge in [-0.2, -0.15) is 0 Å². The lowest BCUT2D eigenvalue weighted by atomic mass is 10.0. The molecule has 2 heterocycles. The number of nitrogens with zero attached hydrogens (tertiary/aromatic N) is 2. The predicted octanol–water partition coefficient (Wildman–Crippen LogP) is 1.51. The number of piperazine rings is 1. The number of nitrogens with one attached hydrogen (secondary N) is 2. The average molecular weight is 400 g/mol. The maximum Gasteiger partial charge on any atom is 0.328 e. The van der Waals surface area contributed by atoms with E-state index in [-0.39, 0.29) is 0 Å². The topological polar surface area (TPSA) is 126 Å². The molecule has 0 aliphatic carbocycles. The third-order valence-electron chi connectivity index (χ3n) is 5.11. The first-order valence-corrected chi connectivity index (χ1v) is 9.41. The first kappa shape index (κ1) is 20.6. The van der Waals surface area contributed by atoms with Crippen molar-refractivity contribution in [2.75, 3.05) is 38.0 Å². The molecule has 1 unspecified atom stereocenters. The molecule has 0 bridgehead atoms. The normalized spacial score (nSPS) is 16.9. The van der Waals surface area contributed by atoms with Crippen LogP contribution in [0.5, 0.6) is 0 Å². The van der Waals surface area contributed by atoms with Crippen molar-refractivity contribution in [1.29, 1.82) is 0 Å². The van der Waals surface area contributed by atoms with Gasteiger partial charge in [0.05, 0.1) is 0 Å². The van der Waals surface area contributed by atoms with Crippen molar-refractivity contribution < 1.29 is 24.6 Å². The molecule has 1 fully saturated rings. The van der Waals surface area contributed by atoms with E-state index in [1.54, 1.807) is 24.4 Å². The molecule has 9 nitrogen and oxygen atoms in total. The summed E-state index contributed by atoms with van der Waals surface area (Å²) in [7, 11) is 0. The van der Waals surface area contributed by atoms with Gasteiger partial charge in [-0.3, -0.25) is 14.5 Å². The average Bonchev–Trinajstić information content (AvgIpc) is 3.09. The summed E-state index contributed by atoms with van der Waals surface area (Å²) in [5.74, 6) is -2.66. The largest absolute Gasteiger partial charge is 0.480 e. The number of aliphatic carboxylic acids is 2. The number of hydrogen-bond acceptors (Lipinski definition) is 5. The number of carboxylic acid groups (broad SMARTS) is 2. The van der Waals surface area contributed by atoms with E-state index in [9.17, 15) is 19.5 Å². The number of carbonyl (C=O) groups is 3. The van der Waals surface area contributed by atoms with Crippen molar-refractivity contribution in [3.05, 3.63) is 42.1 Å². The summed E-state index contributed by atoms with van der Waals surface area (Å²) in [5.41, 5.74) is 1.86. The van der Waals surface area contributed by atoms with E-state index >= 15 is 0 Å². The van der Waals surface area contributed by atoms with Crippen LogP contribution in [0.3, 0.4) is 0 Å². The van der Waals surface area contributed by atoms with Crippen LogP contribution in [0.25, 0.3) is 10.9 Å². The van der Waals surface area contributed by atoms with Crippen LogP contribution in [0.15, 0.2) is 36.5 Å². The van der Waals surface area contributed by atoms with Gasteiger partial charge in [0, 0.05) is 66.7 Å². The molecule has 9 heteroatoms. The smallest absolute Gasteiger partial charge is 0.328 e. The fourth-order valence-corrected chi connectivity index (χ4v) is 3.61. The molecule has 4 N–H and O–H groups in total. The Bertz CT molecular complexity index is 943. The summed E-state index contributed by atoms with van der Waals surface area (Å²) in [4.78, 5) is 41.6. The maximum absolute atomic E-state index is 12.0. The number of hydrogen-bond donors (Lipinski definition) is 4. The zero-order chi connectivity index (χ0) is 21.0. The Kier molecular flexibility index (Phi) is 6.30. The first-order valence-electron chi connectivity index (χ1n) is 9.41. The fraction of sp³-hybridized carbons (Fsp3) is 0.350. The highest BCUT2D eigenvalue weighted by Gasteiger charge is 2.31. The van der Waals surface area contributed by atoms with Crippen LogP contribution in [0, 0.1) is 0 Å². The fourth-order valence-electron chi connectivity index (χ4n) is 3.61. The number of anilines is 1. The summed E-state index contributed by atoms with van der Waals surface area (Å²) in [6.45, 7) is 6.08. The molecule has 1 saturated heterocycles. The number of aromatic nitrogens is 1. The Morgan fingerprint density at radius 2 is 1.90 bits per heavy atom. The number of fused-ring (bicyclic) bond motifs is 1. The quantitative estimate of drug-likeness (QED) is 0.519. The molecule has 154 valence electrons. The minimum absolute atomic E-state index is 0.481. The monoisotopic (exact) mass is 400 g/mol. The Labute approximate surface area is 167 Å². The predicted molar refractivity (Wildman–Crippen MR) is 108 cm³/mol. The van der Waals surface area contributed by atoms with E-state index in [4.69, 9.17) is 5.11 Å². The van der Waals surface area contributed by atoms with E-state index in [0.717, 1.165) is 37.2 Å². The Balaban J connectivity index is 1.81. The van der Waals surface area contributed by atoms with Crippen molar-refractivity contribution >= 4 is 34.4 Å². The summed E-state index contributed by atoms with van der Waals surface area (Å²) >= 11 is 0. The van der Waals surface area contributed by atoms with Gasteiger partial charge in [0.15, 0.2) is 0 Å². The van der Waals surface area contributed by atoms with Gasteiger partial charge in [-0.15, -0.1) is 0 Å². The highest BCUT2D eigenvalue weighted by molar-refractivity contribution is 6.03. The summed E-state index contributed by atoms with van der Waals surface area (Å²) in [6, 6.07) is 4.37. The minimum Gasteiger partial charge on any atom is -0.480 e. The van der Waals surface area contributed by atoms with E-state index in [1.807, 2.05) is 4.90 Å². The molecule has 1 amide bonds. The molecule has 0 saturated carbocycles. The van der Waals surface area contributed by atoms with Crippen LogP contribution in [-0.2, 0) is 14.4 Å². The van der Waals surface area contributed by atoms with Gasteiger partial charge in [0.25, 0.3) is 0 Å². The maximum atomic E-state index is 12.0. The second-order valence-electron chi connectivity index (χ2n) is 6.88. The third kappa shape index (κ3) is 4.82. The van der Waals surface area contributed by atoms with Crippen molar-refractivity contribution in [2.24, 2.45) is 0 Å². The van der Waals surface area contributed by atoms with Gasteiger partial charge in [-0.05, 0) is 18.7 Å². The van der Waals surface area contributed by atoms with Gasteiger partial charge in [0.1, 0.15) is 6.04 Å². The van der Waals surface area contributed by atoms with Crippen LogP contribution in [-0.4, -0.2) is 75.6 Å². The van der Waals surface area contributed by atoms with Crippen LogP contribution >= 0.6 is 0 Å². The SMILES string of the molecule is CCN1CCN(C(C(=O)O)c2c[nH]c3cc(NC(=O)C=CC(=O)O)ccc23)CC1. The molecule has 2 aromatic rings. The molecular weight excluding hydrogens is 376 g/mol. The molecule has 1 atom stereocenters. The van der Waals surface area contributed by atoms with E-state index in [0.29, 0.717) is 29.9 Å². The third-order valence-corrected chi connectivity index (χ3v) is 5.11. The molecular formula is C20H24N4O5. The lowest BCUT2D eigenvalue weighted by Crippen LogP contribution is -2.49. The zero-order valence-corrected chi connectivity index (χ0v) is 16.1. The number of likely N-dealkylation sites (N-methyl/N-ethyl adjacent to an activating group) is 1. The van der Waals surface area contributed by atoms with Crippen molar-refractivity contribution in [1.82, 2.24) is 14.8 Å². The van der Waals surface area contributed by atoms with Gasteiger partial charge >= 0.3 is 11.9 Å². The van der Waals surface area contributed by atoms with E-state index < -0.39 is 23.9 Å². The lowest BCUT2D eigenvalue weighted by molar-refractivity contribution is -0.144. The highest BCUT2D eigenvalue weighted by atomic mass is 16.4. The Morgan fingerprint density at radius 1 is 1.17 bits per heavy atom. The van der Waals surface area contributed by atoms with Gasteiger partial charge in [-0.25, -0.2) is 4.79 Å². The van der Waals surface area contributed by atoms with E-state index in [1.165, 1.54) is 0 Å². The van der Waals surface area contributed by atoms with Crippen molar-refractivity contribution in [2.45, 2.75) is 13.0 Å². The number of H-pyrrole nitrogens is 1. The van der Waals surface area contributed by atoms with Crippen LogP contribution in [0.2, 0.25) is 0 Å². The second-order valence-corrected chi connectivity index (χ2v) is 6.88. The van der Waals surface area contributed by atoms with E-state index in [2.05, 4.69) is 22.1 Å². The molecule has 0 radical (unpaired) electrons. The molecule has 1 aromatic carbocycles. The molecule has 1 aliphatic rings. The Hall–Kier alpha value is -3.17. The zero-order valence-electron chi connectivity index (χ0n) is 16.1. The van der Waals surface area contributed by atoms with Crippen LogP contribution in [0.1, 0.15) is 18.5 Å². The van der Waals surface area contributed by atoms with Gasteiger partial charge < -0.3 is 25.4 Å². The summed E-state index contributed by atoms with van der Waals surface area (Å²) in [6.07, 6.45) is 3.39. The summed E-state index contributed by atoms with van der Waals surface area (Å²) < 4.78 is 0. The number of amides is 1. The number of benzene rings is 1. The minimum atomic E-state index is -1.20. The molecule has 29 heavy (non-hydrogen) atoms. The molecule has 0 spiro atoms.